The average Bonchev–Trinajstić information content (AvgIpc) is 1.85. The Labute approximate surface area is 70.5 Å². The second-order valence-corrected chi connectivity index (χ2v) is 9.33. The van der Waals surface area contributed by atoms with Gasteiger partial charge >= 0.3 is 0 Å². The van der Waals surface area contributed by atoms with E-state index in [0.717, 1.165) is 6.42 Å². The summed E-state index contributed by atoms with van der Waals surface area (Å²) in [7, 11) is -1.15. The lowest BCUT2D eigenvalue weighted by atomic mass is 10.3. The third kappa shape index (κ3) is 4.20. The zero-order valence-electron chi connectivity index (χ0n) is 7.72. The van der Waals surface area contributed by atoms with Gasteiger partial charge in [-0.05, 0) is 18.0 Å². The summed E-state index contributed by atoms with van der Waals surface area (Å²) in [5, 5.41) is 8.78. The zero-order chi connectivity index (χ0) is 8.91. The molecule has 0 rings (SSSR count). The minimum atomic E-state index is -1.15. The smallest absolute Gasteiger partial charge is 0.0522 e. The summed E-state index contributed by atoms with van der Waals surface area (Å²) in [5.74, 6) is 0. The molecule has 0 aliphatic rings. The van der Waals surface area contributed by atoms with E-state index in [2.05, 4.69) is 32.0 Å². The van der Waals surface area contributed by atoms with E-state index in [1.807, 2.05) is 6.08 Å². The highest BCUT2D eigenvalue weighted by Gasteiger charge is 2.23. The Hall–Kier alpha value is -0.303. The standard InChI is InChI=1S/C9H18OSi/c1-5-6-9(7-8-10)11(2,3)4/h6,9-10H,1,7-8H2,2-4H3. The molecular formula is C9H18OSi. The summed E-state index contributed by atoms with van der Waals surface area (Å²) in [5.41, 5.74) is 3.33. The number of rotatable bonds is 4. The van der Waals surface area contributed by atoms with Crippen LogP contribution in [-0.2, 0) is 0 Å². The lowest BCUT2D eigenvalue weighted by Gasteiger charge is -2.24. The van der Waals surface area contributed by atoms with Crippen LogP contribution >= 0.6 is 0 Å². The van der Waals surface area contributed by atoms with Crippen molar-refractivity contribution in [3.8, 4) is 0 Å². The first-order chi connectivity index (χ1) is 5.02. The topological polar surface area (TPSA) is 20.2 Å². The molecule has 1 unspecified atom stereocenters. The fourth-order valence-electron chi connectivity index (χ4n) is 1.05. The van der Waals surface area contributed by atoms with E-state index in [0.29, 0.717) is 5.54 Å². The van der Waals surface area contributed by atoms with Gasteiger partial charge in [-0.3, -0.25) is 0 Å². The van der Waals surface area contributed by atoms with Crippen LogP contribution in [0.1, 0.15) is 6.42 Å². The summed E-state index contributed by atoms with van der Waals surface area (Å²) in [6.45, 7) is 10.7. The van der Waals surface area contributed by atoms with Crippen molar-refractivity contribution in [3.05, 3.63) is 18.4 Å². The van der Waals surface area contributed by atoms with Gasteiger partial charge in [-0.1, -0.05) is 26.2 Å². The Morgan fingerprint density at radius 3 is 2.36 bits per heavy atom. The van der Waals surface area contributed by atoms with Gasteiger partial charge < -0.3 is 5.11 Å². The van der Waals surface area contributed by atoms with Crippen LogP contribution in [-0.4, -0.2) is 19.8 Å². The van der Waals surface area contributed by atoms with E-state index in [-0.39, 0.29) is 6.61 Å². The van der Waals surface area contributed by atoms with E-state index >= 15 is 0 Å². The molecule has 1 nitrogen and oxygen atoms in total. The number of allylic oxidation sites excluding steroid dienone is 1. The summed E-state index contributed by atoms with van der Waals surface area (Å²) in [6, 6.07) is 0. The van der Waals surface area contributed by atoms with Crippen molar-refractivity contribution >= 4 is 8.07 Å². The third-order valence-corrected chi connectivity index (χ3v) is 4.55. The number of aliphatic hydroxyl groups excluding tert-OH is 1. The van der Waals surface area contributed by atoms with Gasteiger partial charge in [0.15, 0.2) is 0 Å². The van der Waals surface area contributed by atoms with Gasteiger partial charge in [0, 0.05) is 6.61 Å². The first kappa shape index (κ1) is 10.7. The fourth-order valence-corrected chi connectivity index (χ4v) is 2.66. The minimum Gasteiger partial charge on any atom is -0.396 e. The summed E-state index contributed by atoms with van der Waals surface area (Å²) < 4.78 is 0. The molecule has 0 aliphatic carbocycles. The molecule has 0 saturated carbocycles. The maximum atomic E-state index is 8.78. The van der Waals surface area contributed by atoms with Crippen LogP contribution in [0.2, 0.25) is 25.2 Å². The lowest BCUT2D eigenvalue weighted by molar-refractivity contribution is 0.288. The van der Waals surface area contributed by atoms with Crippen LogP contribution in [0.3, 0.4) is 0 Å². The van der Waals surface area contributed by atoms with Crippen LogP contribution < -0.4 is 0 Å². The summed E-state index contributed by atoms with van der Waals surface area (Å²) in [4.78, 5) is 0. The SMILES string of the molecule is C=C=CC(CCO)[Si](C)(C)C. The minimum absolute atomic E-state index is 0.271. The molecule has 0 radical (unpaired) electrons. The second kappa shape index (κ2) is 4.55. The molecule has 0 aromatic rings. The maximum absolute atomic E-state index is 8.78. The monoisotopic (exact) mass is 170 g/mol. The molecule has 0 aliphatic heterocycles. The van der Waals surface area contributed by atoms with Crippen molar-refractivity contribution in [2.45, 2.75) is 31.6 Å². The average molecular weight is 170 g/mol. The molecule has 0 spiro atoms. The summed E-state index contributed by atoms with van der Waals surface area (Å²) in [6.07, 6.45) is 2.86. The molecule has 11 heavy (non-hydrogen) atoms. The molecule has 0 fully saturated rings. The van der Waals surface area contributed by atoms with Gasteiger partial charge in [-0.15, -0.1) is 5.73 Å². The fraction of sp³-hybridized carbons (Fsp3) is 0.667. The third-order valence-electron chi connectivity index (χ3n) is 1.87. The Morgan fingerprint density at radius 1 is 1.55 bits per heavy atom. The van der Waals surface area contributed by atoms with Crippen LogP contribution in [0, 0.1) is 0 Å². The van der Waals surface area contributed by atoms with Gasteiger partial charge in [0.2, 0.25) is 0 Å². The van der Waals surface area contributed by atoms with E-state index in [1.54, 1.807) is 0 Å². The Bertz CT molecular complexity index is 151. The van der Waals surface area contributed by atoms with E-state index < -0.39 is 8.07 Å². The van der Waals surface area contributed by atoms with Gasteiger partial charge in [0.1, 0.15) is 0 Å². The molecule has 2 heteroatoms. The van der Waals surface area contributed by atoms with E-state index in [9.17, 15) is 0 Å². The second-order valence-electron chi connectivity index (χ2n) is 3.86. The highest BCUT2D eigenvalue weighted by atomic mass is 28.3. The number of hydrogen-bond donors (Lipinski definition) is 1. The highest BCUT2D eigenvalue weighted by Crippen LogP contribution is 2.25. The molecule has 0 heterocycles. The van der Waals surface area contributed by atoms with Crippen LogP contribution in [0.4, 0.5) is 0 Å². The predicted molar refractivity (Wildman–Crippen MR) is 52.5 cm³/mol. The Balaban J connectivity index is 4.21. The molecule has 0 bridgehead atoms. The molecule has 0 amide bonds. The predicted octanol–water partition coefficient (Wildman–Crippen LogP) is 2.42. The van der Waals surface area contributed by atoms with Crippen molar-refractivity contribution in [2.75, 3.05) is 6.61 Å². The van der Waals surface area contributed by atoms with Crippen LogP contribution in [0.15, 0.2) is 18.4 Å². The van der Waals surface area contributed by atoms with Crippen molar-refractivity contribution in [1.29, 1.82) is 0 Å². The molecule has 0 saturated heterocycles. The van der Waals surface area contributed by atoms with Crippen LogP contribution in [0.5, 0.6) is 0 Å². The number of hydrogen-bond acceptors (Lipinski definition) is 1. The van der Waals surface area contributed by atoms with Crippen molar-refractivity contribution < 1.29 is 5.11 Å². The molecule has 1 atom stereocenters. The van der Waals surface area contributed by atoms with Crippen molar-refractivity contribution in [3.63, 3.8) is 0 Å². The molecule has 0 aromatic heterocycles. The van der Waals surface area contributed by atoms with Gasteiger partial charge in [-0.25, -0.2) is 0 Å². The molecule has 0 aromatic carbocycles. The highest BCUT2D eigenvalue weighted by molar-refractivity contribution is 6.78. The zero-order valence-corrected chi connectivity index (χ0v) is 8.72. The van der Waals surface area contributed by atoms with Gasteiger partial charge in [-0.2, -0.15) is 0 Å². The normalized spacial score (nSPS) is 13.8. The Kier molecular flexibility index (Phi) is 4.42. The molecule has 1 N–H and O–H groups in total. The quantitative estimate of drug-likeness (QED) is 0.507. The number of aliphatic hydroxyl groups is 1. The Morgan fingerprint density at radius 2 is 2.09 bits per heavy atom. The first-order valence-corrected chi connectivity index (χ1v) is 7.57. The van der Waals surface area contributed by atoms with Crippen molar-refractivity contribution in [1.82, 2.24) is 0 Å². The lowest BCUT2D eigenvalue weighted by Crippen LogP contribution is -2.27. The van der Waals surface area contributed by atoms with Gasteiger partial charge in [0.05, 0.1) is 8.07 Å². The first-order valence-electron chi connectivity index (χ1n) is 3.99. The molecular weight excluding hydrogens is 152 g/mol. The van der Waals surface area contributed by atoms with E-state index in [1.165, 1.54) is 0 Å². The summed E-state index contributed by atoms with van der Waals surface area (Å²) >= 11 is 0. The van der Waals surface area contributed by atoms with Crippen LogP contribution in [0.25, 0.3) is 0 Å². The van der Waals surface area contributed by atoms with Crippen molar-refractivity contribution in [2.24, 2.45) is 0 Å². The van der Waals surface area contributed by atoms with Gasteiger partial charge in [0.25, 0.3) is 0 Å². The molecule has 64 valence electrons. The largest absolute Gasteiger partial charge is 0.396 e. The van der Waals surface area contributed by atoms with E-state index in [4.69, 9.17) is 5.11 Å². The maximum Gasteiger partial charge on any atom is 0.0522 e.